The van der Waals surface area contributed by atoms with Crippen molar-refractivity contribution in [1.82, 2.24) is 14.9 Å². The van der Waals surface area contributed by atoms with Gasteiger partial charge in [0.1, 0.15) is 11.4 Å². The van der Waals surface area contributed by atoms with Crippen LogP contribution in [0.1, 0.15) is 29.5 Å². The lowest BCUT2D eigenvalue weighted by molar-refractivity contribution is 0.0498. The third kappa shape index (κ3) is 3.62. The summed E-state index contributed by atoms with van der Waals surface area (Å²) in [4.78, 5) is 24.6. The number of nitrogens with zero attached hydrogens (tertiary/aromatic N) is 5. The van der Waals surface area contributed by atoms with E-state index in [1.54, 1.807) is 0 Å². The monoisotopic (exact) mass is 451 g/mol. The number of amides is 1. The Bertz CT molecular complexity index is 1080. The summed E-state index contributed by atoms with van der Waals surface area (Å²) in [6.45, 7) is 1.31. The van der Waals surface area contributed by atoms with Crippen LogP contribution in [-0.4, -0.2) is 63.6 Å². The van der Waals surface area contributed by atoms with Gasteiger partial charge in [-0.15, -0.1) is 0 Å². The number of thioether (sulfide) groups is 1. The first-order chi connectivity index (χ1) is 15.5. The summed E-state index contributed by atoms with van der Waals surface area (Å²) >= 11 is 1.47. The Balaban J connectivity index is 1.45. The molecule has 1 fully saturated rings. The van der Waals surface area contributed by atoms with E-state index in [-0.39, 0.29) is 18.1 Å². The fourth-order valence-corrected chi connectivity index (χ4v) is 5.54. The summed E-state index contributed by atoms with van der Waals surface area (Å²) in [5.41, 5.74) is 3.42. The first-order valence-electron chi connectivity index (χ1n) is 10.8. The molecule has 1 amide bonds. The van der Waals surface area contributed by atoms with Crippen molar-refractivity contribution in [3.63, 3.8) is 0 Å². The van der Waals surface area contributed by atoms with Crippen LogP contribution in [0.15, 0.2) is 29.4 Å². The summed E-state index contributed by atoms with van der Waals surface area (Å²) in [6.07, 6.45) is 4.59. The van der Waals surface area contributed by atoms with Crippen molar-refractivity contribution in [3.8, 4) is 11.9 Å². The van der Waals surface area contributed by atoms with E-state index in [2.05, 4.69) is 35.2 Å². The second kappa shape index (κ2) is 8.17. The minimum Gasteiger partial charge on any atom is -0.470 e. The second-order valence-corrected chi connectivity index (χ2v) is 9.44. The lowest BCUT2D eigenvalue weighted by atomic mass is 9.89. The molecule has 1 aromatic heterocycles. The van der Waals surface area contributed by atoms with Gasteiger partial charge in [0.2, 0.25) is 5.88 Å². The predicted octanol–water partition coefficient (Wildman–Crippen LogP) is 3.14. The molecule has 2 aromatic rings. The molecule has 2 aliphatic heterocycles. The van der Waals surface area contributed by atoms with Crippen molar-refractivity contribution in [2.45, 2.75) is 48.9 Å². The molecule has 5 rings (SSSR count). The van der Waals surface area contributed by atoms with Crippen LogP contribution < -0.4 is 9.64 Å². The van der Waals surface area contributed by atoms with E-state index in [0.29, 0.717) is 30.7 Å². The van der Waals surface area contributed by atoms with E-state index in [1.807, 2.05) is 6.26 Å². The average Bonchev–Trinajstić information content (AvgIpc) is 3.15. The third-order valence-corrected chi connectivity index (χ3v) is 7.30. The Morgan fingerprint density at radius 1 is 1.31 bits per heavy atom. The van der Waals surface area contributed by atoms with Gasteiger partial charge in [0.25, 0.3) is 0 Å². The molecule has 3 aliphatic rings. The zero-order chi connectivity index (χ0) is 22.3. The predicted molar refractivity (Wildman–Crippen MR) is 120 cm³/mol. The van der Waals surface area contributed by atoms with Gasteiger partial charge in [0, 0.05) is 32.5 Å². The Hall–Kier alpha value is -2.99. The van der Waals surface area contributed by atoms with Crippen molar-refractivity contribution in [1.29, 1.82) is 5.26 Å². The number of ether oxygens (including phenoxy) is 1. The van der Waals surface area contributed by atoms with Crippen LogP contribution in [0, 0.1) is 11.3 Å². The quantitative estimate of drug-likeness (QED) is 0.561. The molecule has 32 heavy (non-hydrogen) atoms. The summed E-state index contributed by atoms with van der Waals surface area (Å²) in [7, 11) is 0. The normalized spacial score (nSPS) is 20.9. The van der Waals surface area contributed by atoms with Gasteiger partial charge in [-0.05, 0) is 30.2 Å². The summed E-state index contributed by atoms with van der Waals surface area (Å²) < 4.78 is 6.62. The highest BCUT2D eigenvalue weighted by Crippen LogP contribution is 2.44. The molecular weight excluding hydrogens is 426 g/mol. The Morgan fingerprint density at radius 3 is 2.72 bits per heavy atom. The van der Waals surface area contributed by atoms with E-state index in [9.17, 15) is 15.2 Å². The Kier molecular flexibility index (Phi) is 5.33. The van der Waals surface area contributed by atoms with Crippen molar-refractivity contribution >= 4 is 23.7 Å². The number of carbonyl (C=O) groups is 1. The molecular formula is C23H25N5O3S. The summed E-state index contributed by atoms with van der Waals surface area (Å²) in [6, 6.07) is 10.3. The van der Waals surface area contributed by atoms with E-state index in [0.717, 1.165) is 37.1 Å². The smallest absolute Gasteiger partial charge is 0.407 e. The molecule has 166 valence electrons. The molecule has 0 radical (unpaired) electrons. The summed E-state index contributed by atoms with van der Waals surface area (Å²) in [5, 5.41) is 19.4. The van der Waals surface area contributed by atoms with Gasteiger partial charge in [-0.3, -0.25) is 0 Å². The van der Waals surface area contributed by atoms with E-state index in [4.69, 9.17) is 14.7 Å². The molecule has 1 saturated heterocycles. The van der Waals surface area contributed by atoms with Crippen LogP contribution in [0.3, 0.4) is 0 Å². The number of hydrogen-bond acceptors (Lipinski definition) is 7. The van der Waals surface area contributed by atoms with Gasteiger partial charge in [-0.1, -0.05) is 36.0 Å². The van der Waals surface area contributed by atoms with Crippen LogP contribution in [0.4, 0.5) is 10.6 Å². The van der Waals surface area contributed by atoms with Crippen molar-refractivity contribution < 1.29 is 14.6 Å². The highest BCUT2D eigenvalue weighted by Gasteiger charge is 2.44. The maximum atomic E-state index is 11.6. The third-order valence-electron chi connectivity index (χ3n) is 6.75. The second-order valence-electron chi connectivity index (χ2n) is 8.66. The highest BCUT2D eigenvalue weighted by molar-refractivity contribution is 7.98. The van der Waals surface area contributed by atoms with Crippen LogP contribution in [0.2, 0.25) is 0 Å². The summed E-state index contributed by atoms with van der Waals surface area (Å²) in [5.74, 6) is 1.47. The molecule has 1 spiro atoms. The molecule has 1 N–H and O–H groups in total. The minimum absolute atomic E-state index is 0.156. The first kappa shape index (κ1) is 20.9. The van der Waals surface area contributed by atoms with Crippen LogP contribution in [0.5, 0.6) is 5.88 Å². The van der Waals surface area contributed by atoms with Crippen molar-refractivity contribution in [3.05, 3.63) is 41.0 Å². The number of fused-ring (bicyclic) bond motifs is 2. The molecule has 0 bridgehead atoms. The largest absolute Gasteiger partial charge is 0.470 e. The van der Waals surface area contributed by atoms with Crippen LogP contribution >= 0.6 is 11.8 Å². The number of piperazine rings is 1. The van der Waals surface area contributed by atoms with Gasteiger partial charge in [-0.2, -0.15) is 10.2 Å². The van der Waals surface area contributed by atoms with Gasteiger partial charge in [0.05, 0.1) is 24.1 Å². The van der Waals surface area contributed by atoms with Gasteiger partial charge in [0.15, 0.2) is 5.16 Å². The molecule has 9 heteroatoms. The molecule has 0 unspecified atom stereocenters. The van der Waals surface area contributed by atoms with Crippen molar-refractivity contribution in [2.24, 2.45) is 0 Å². The minimum atomic E-state index is -0.981. The topological polar surface area (TPSA) is 103 Å². The van der Waals surface area contributed by atoms with Crippen LogP contribution in [-0.2, 0) is 19.3 Å². The molecule has 0 saturated carbocycles. The fraction of sp³-hybridized carbons (Fsp3) is 0.478. The lowest BCUT2D eigenvalue weighted by Gasteiger charge is -2.41. The van der Waals surface area contributed by atoms with Gasteiger partial charge < -0.3 is 19.6 Å². The van der Waals surface area contributed by atoms with E-state index >= 15 is 0 Å². The van der Waals surface area contributed by atoms with E-state index in [1.165, 1.54) is 27.8 Å². The number of aromatic nitrogens is 2. The number of hydrogen-bond donors (Lipinski definition) is 1. The SMILES string of the molecule is CSc1nc2c(c(N3CCN(C(=O)O)[C@@H](CC#N)C3)n1)CCC1(Cc3ccccc3C1)O2. The lowest BCUT2D eigenvalue weighted by Crippen LogP contribution is -2.55. The molecule has 1 aromatic carbocycles. The number of nitriles is 1. The maximum Gasteiger partial charge on any atom is 0.407 e. The molecule has 1 aliphatic carbocycles. The van der Waals surface area contributed by atoms with E-state index < -0.39 is 6.09 Å². The zero-order valence-electron chi connectivity index (χ0n) is 18.0. The van der Waals surface area contributed by atoms with Crippen molar-refractivity contribution in [2.75, 3.05) is 30.8 Å². The molecule has 1 atom stereocenters. The Labute approximate surface area is 191 Å². The molecule has 3 heterocycles. The van der Waals surface area contributed by atoms with Gasteiger partial charge in [-0.25, -0.2) is 9.78 Å². The molecule has 8 nitrogen and oxygen atoms in total. The number of anilines is 1. The number of rotatable bonds is 3. The zero-order valence-corrected chi connectivity index (χ0v) is 18.8. The van der Waals surface area contributed by atoms with Crippen LogP contribution in [0.25, 0.3) is 0 Å². The van der Waals surface area contributed by atoms with Gasteiger partial charge >= 0.3 is 6.09 Å². The number of benzene rings is 1. The average molecular weight is 452 g/mol. The maximum absolute atomic E-state index is 11.6. The fourth-order valence-electron chi connectivity index (χ4n) is 5.19. The number of carboxylic acid groups (broad SMARTS) is 1. The Morgan fingerprint density at radius 2 is 2.06 bits per heavy atom. The first-order valence-corrected chi connectivity index (χ1v) is 12.1. The standard InChI is InChI=1S/C23H25N5O3S/c1-32-21-25-19(27-10-11-28(22(29)30)17(14-27)7-9-24)18-6-8-23(31-20(18)26-21)12-15-4-2-3-5-16(15)13-23/h2-5,17H,6-8,10-14H2,1H3,(H,29,30)/t17-/m0/s1. The highest BCUT2D eigenvalue weighted by atomic mass is 32.2.